The largest absolute Gasteiger partial charge is 0.306 e. The van der Waals surface area contributed by atoms with Crippen molar-refractivity contribution in [3.63, 3.8) is 0 Å². The van der Waals surface area contributed by atoms with Gasteiger partial charge in [-0.25, -0.2) is 4.39 Å². The fourth-order valence-corrected chi connectivity index (χ4v) is 2.69. The van der Waals surface area contributed by atoms with Crippen LogP contribution in [0.15, 0.2) is 46.9 Å². The van der Waals surface area contributed by atoms with E-state index in [1.54, 1.807) is 6.07 Å². The molecule has 0 amide bonds. The maximum atomic E-state index is 13.2. The van der Waals surface area contributed by atoms with Crippen LogP contribution in [0.4, 0.5) is 4.39 Å². The highest BCUT2D eigenvalue weighted by Crippen LogP contribution is 2.24. The molecule has 0 unspecified atom stereocenters. The lowest BCUT2D eigenvalue weighted by Gasteiger charge is -2.16. The SMILES string of the molecule is C[C@H](NCc1cc(F)ccc1Cl)c1ccccc1Br. The Bertz CT molecular complexity index is 574. The van der Waals surface area contributed by atoms with Crippen molar-refractivity contribution in [1.29, 1.82) is 0 Å². The van der Waals surface area contributed by atoms with Crippen molar-refractivity contribution in [2.24, 2.45) is 0 Å². The first-order chi connectivity index (χ1) is 9.08. The third-order valence-corrected chi connectivity index (χ3v) is 4.07. The minimum absolute atomic E-state index is 0.148. The Kier molecular flexibility index (Phi) is 4.97. The van der Waals surface area contributed by atoms with Crippen LogP contribution in [0, 0.1) is 5.82 Å². The summed E-state index contributed by atoms with van der Waals surface area (Å²) in [6.07, 6.45) is 0. The molecule has 100 valence electrons. The molecule has 0 aliphatic heterocycles. The lowest BCUT2D eigenvalue weighted by molar-refractivity contribution is 0.568. The van der Waals surface area contributed by atoms with Gasteiger partial charge in [-0.05, 0) is 42.3 Å². The monoisotopic (exact) mass is 341 g/mol. The van der Waals surface area contributed by atoms with E-state index in [-0.39, 0.29) is 11.9 Å². The highest BCUT2D eigenvalue weighted by atomic mass is 79.9. The van der Waals surface area contributed by atoms with Gasteiger partial charge >= 0.3 is 0 Å². The molecule has 1 N–H and O–H groups in total. The zero-order valence-electron chi connectivity index (χ0n) is 10.5. The van der Waals surface area contributed by atoms with Crippen LogP contribution in [0.1, 0.15) is 24.1 Å². The number of hydrogen-bond donors (Lipinski definition) is 1. The van der Waals surface area contributed by atoms with Gasteiger partial charge in [0, 0.05) is 22.1 Å². The number of halogens is 3. The molecule has 0 radical (unpaired) electrons. The predicted molar refractivity (Wildman–Crippen MR) is 80.8 cm³/mol. The van der Waals surface area contributed by atoms with Crippen LogP contribution in [-0.2, 0) is 6.54 Å². The van der Waals surface area contributed by atoms with E-state index in [9.17, 15) is 4.39 Å². The molecule has 1 atom stereocenters. The molecular formula is C15H14BrClFN. The molecule has 2 aromatic carbocycles. The van der Waals surface area contributed by atoms with Crippen molar-refractivity contribution < 1.29 is 4.39 Å². The second-order valence-corrected chi connectivity index (χ2v) is 5.62. The van der Waals surface area contributed by atoms with E-state index in [4.69, 9.17) is 11.6 Å². The van der Waals surface area contributed by atoms with E-state index in [1.807, 2.05) is 18.2 Å². The topological polar surface area (TPSA) is 12.0 Å². The lowest BCUT2D eigenvalue weighted by Crippen LogP contribution is -2.18. The van der Waals surface area contributed by atoms with Gasteiger partial charge in [0.05, 0.1) is 0 Å². The van der Waals surface area contributed by atoms with Gasteiger partial charge in [0.1, 0.15) is 5.82 Å². The third kappa shape index (κ3) is 3.78. The lowest BCUT2D eigenvalue weighted by atomic mass is 10.1. The molecule has 19 heavy (non-hydrogen) atoms. The van der Waals surface area contributed by atoms with Crippen LogP contribution in [-0.4, -0.2) is 0 Å². The smallest absolute Gasteiger partial charge is 0.123 e. The second kappa shape index (κ2) is 6.51. The molecule has 2 aromatic rings. The molecule has 0 bridgehead atoms. The Morgan fingerprint density at radius 3 is 2.74 bits per heavy atom. The molecule has 4 heteroatoms. The quantitative estimate of drug-likeness (QED) is 0.816. The Labute approximate surface area is 125 Å². The van der Waals surface area contributed by atoms with Gasteiger partial charge in [0.15, 0.2) is 0 Å². The molecular weight excluding hydrogens is 329 g/mol. The van der Waals surface area contributed by atoms with Crippen molar-refractivity contribution in [3.8, 4) is 0 Å². The third-order valence-electron chi connectivity index (χ3n) is 2.98. The Morgan fingerprint density at radius 1 is 1.26 bits per heavy atom. The van der Waals surface area contributed by atoms with Gasteiger partial charge in [-0.2, -0.15) is 0 Å². The molecule has 0 heterocycles. The summed E-state index contributed by atoms with van der Waals surface area (Å²) in [6, 6.07) is 12.6. The summed E-state index contributed by atoms with van der Waals surface area (Å²) in [5.41, 5.74) is 1.93. The highest BCUT2D eigenvalue weighted by molar-refractivity contribution is 9.10. The zero-order chi connectivity index (χ0) is 13.8. The summed E-state index contributed by atoms with van der Waals surface area (Å²) >= 11 is 9.56. The van der Waals surface area contributed by atoms with Crippen molar-refractivity contribution in [2.75, 3.05) is 0 Å². The molecule has 1 nitrogen and oxygen atoms in total. The Morgan fingerprint density at radius 2 is 2.00 bits per heavy atom. The minimum Gasteiger partial charge on any atom is -0.306 e. The molecule has 0 fully saturated rings. The first-order valence-electron chi connectivity index (χ1n) is 5.99. The molecule has 0 saturated heterocycles. The Hall–Kier alpha value is -0.900. The molecule has 0 spiro atoms. The summed E-state index contributed by atoms with van der Waals surface area (Å²) in [6.45, 7) is 2.59. The van der Waals surface area contributed by atoms with Crippen LogP contribution < -0.4 is 5.32 Å². The van der Waals surface area contributed by atoms with E-state index >= 15 is 0 Å². The molecule has 0 aliphatic rings. The summed E-state index contributed by atoms with van der Waals surface area (Å²) in [7, 11) is 0. The summed E-state index contributed by atoms with van der Waals surface area (Å²) < 4.78 is 14.2. The molecule has 0 aliphatic carbocycles. The number of hydrogen-bond acceptors (Lipinski definition) is 1. The van der Waals surface area contributed by atoms with Crippen LogP contribution in [0.5, 0.6) is 0 Å². The van der Waals surface area contributed by atoms with E-state index in [1.165, 1.54) is 12.1 Å². The number of rotatable bonds is 4. The summed E-state index contributed by atoms with van der Waals surface area (Å²) in [5.74, 6) is -0.269. The van der Waals surface area contributed by atoms with Gasteiger partial charge in [-0.3, -0.25) is 0 Å². The van der Waals surface area contributed by atoms with E-state index in [2.05, 4.69) is 34.2 Å². The van der Waals surface area contributed by atoms with Crippen molar-refractivity contribution >= 4 is 27.5 Å². The van der Waals surface area contributed by atoms with Gasteiger partial charge in [-0.15, -0.1) is 0 Å². The summed E-state index contributed by atoms with van der Waals surface area (Å²) in [5, 5.41) is 3.92. The molecule has 0 aromatic heterocycles. The summed E-state index contributed by atoms with van der Waals surface area (Å²) in [4.78, 5) is 0. The number of nitrogens with one attached hydrogen (secondary N) is 1. The van der Waals surface area contributed by atoms with Crippen LogP contribution >= 0.6 is 27.5 Å². The maximum Gasteiger partial charge on any atom is 0.123 e. The first kappa shape index (κ1) is 14.5. The normalized spacial score (nSPS) is 12.4. The average molecular weight is 343 g/mol. The van der Waals surface area contributed by atoms with Gasteiger partial charge in [-0.1, -0.05) is 45.7 Å². The molecule has 2 rings (SSSR count). The zero-order valence-corrected chi connectivity index (χ0v) is 12.8. The minimum atomic E-state index is -0.269. The van der Waals surface area contributed by atoms with Crippen molar-refractivity contribution in [1.82, 2.24) is 5.32 Å². The van der Waals surface area contributed by atoms with Gasteiger partial charge in [0.2, 0.25) is 0 Å². The van der Waals surface area contributed by atoms with Crippen molar-refractivity contribution in [2.45, 2.75) is 19.5 Å². The highest BCUT2D eigenvalue weighted by Gasteiger charge is 2.09. The van der Waals surface area contributed by atoms with Crippen LogP contribution in [0.2, 0.25) is 5.02 Å². The van der Waals surface area contributed by atoms with E-state index < -0.39 is 0 Å². The first-order valence-corrected chi connectivity index (χ1v) is 7.17. The van der Waals surface area contributed by atoms with E-state index in [0.29, 0.717) is 11.6 Å². The second-order valence-electron chi connectivity index (χ2n) is 4.36. The van der Waals surface area contributed by atoms with Gasteiger partial charge in [0.25, 0.3) is 0 Å². The Balaban J connectivity index is 2.06. The standard InChI is InChI=1S/C15H14BrClFN/c1-10(13-4-2-3-5-14(13)16)19-9-11-8-12(18)6-7-15(11)17/h2-8,10,19H,9H2,1H3/t10-/m0/s1. The fraction of sp³-hybridized carbons (Fsp3) is 0.200. The van der Waals surface area contributed by atoms with Crippen LogP contribution in [0.25, 0.3) is 0 Å². The average Bonchev–Trinajstić information content (AvgIpc) is 2.40. The fourth-order valence-electron chi connectivity index (χ4n) is 1.88. The number of benzene rings is 2. The molecule has 0 saturated carbocycles. The van der Waals surface area contributed by atoms with E-state index in [0.717, 1.165) is 15.6 Å². The van der Waals surface area contributed by atoms with Crippen LogP contribution in [0.3, 0.4) is 0 Å². The van der Waals surface area contributed by atoms with Crippen molar-refractivity contribution in [3.05, 3.63) is 68.9 Å². The van der Waals surface area contributed by atoms with Gasteiger partial charge < -0.3 is 5.32 Å². The maximum absolute atomic E-state index is 13.2. The predicted octanol–water partition coefficient (Wildman–Crippen LogP) is 5.09.